The van der Waals surface area contributed by atoms with Crippen LogP contribution in [0, 0.1) is 6.92 Å². The van der Waals surface area contributed by atoms with E-state index >= 15 is 0 Å². The van der Waals surface area contributed by atoms with Crippen molar-refractivity contribution in [2.75, 3.05) is 0 Å². The quantitative estimate of drug-likeness (QED) is 0.660. The van der Waals surface area contributed by atoms with Crippen molar-refractivity contribution in [3.8, 4) is 20.9 Å². The van der Waals surface area contributed by atoms with Gasteiger partial charge in [0.25, 0.3) is 4.06 Å². The Hall–Kier alpha value is -1.71. The van der Waals surface area contributed by atoms with Crippen LogP contribution in [0.3, 0.4) is 0 Å². The molecule has 0 spiro atoms. The molecule has 2 aromatic carbocycles. The van der Waals surface area contributed by atoms with E-state index in [4.69, 9.17) is 0 Å². The van der Waals surface area contributed by atoms with E-state index in [1.54, 1.807) is 0 Å². The second-order valence-electron chi connectivity index (χ2n) is 4.34. The highest BCUT2D eigenvalue weighted by Gasteiger charge is 2.12. The lowest BCUT2D eigenvalue weighted by Gasteiger charge is -2.03. The Labute approximate surface area is 119 Å². The maximum absolute atomic E-state index is 11.8. The van der Waals surface area contributed by atoms with Crippen molar-refractivity contribution in [1.29, 1.82) is 0 Å². The summed E-state index contributed by atoms with van der Waals surface area (Å²) in [6.45, 7) is 2.07. The van der Waals surface area contributed by atoms with Gasteiger partial charge in [0, 0.05) is 0 Å². The summed E-state index contributed by atoms with van der Waals surface area (Å²) in [4.78, 5) is 13.9. The van der Waals surface area contributed by atoms with Gasteiger partial charge in [0.15, 0.2) is 0 Å². The van der Waals surface area contributed by atoms with Crippen molar-refractivity contribution in [3.05, 3.63) is 69.0 Å². The zero-order valence-corrected chi connectivity index (χ0v) is 12.1. The summed E-state index contributed by atoms with van der Waals surface area (Å²) in [5.74, 6) is 0. The Morgan fingerprint density at radius 1 is 0.737 bits per heavy atom. The average Bonchev–Trinajstić information content (AvgIpc) is 2.83. The number of rotatable bonds is 2. The van der Waals surface area contributed by atoms with E-state index in [1.807, 2.05) is 18.2 Å². The van der Waals surface area contributed by atoms with Gasteiger partial charge < -0.3 is 0 Å². The second-order valence-corrected chi connectivity index (χ2v) is 6.57. The van der Waals surface area contributed by atoms with Crippen LogP contribution < -0.4 is 4.06 Å². The fourth-order valence-corrected chi connectivity index (χ4v) is 4.13. The van der Waals surface area contributed by atoms with Gasteiger partial charge in [-0.15, -0.1) is 0 Å². The van der Waals surface area contributed by atoms with Crippen LogP contribution in [0.25, 0.3) is 20.9 Å². The van der Waals surface area contributed by atoms with Crippen LogP contribution in [0.15, 0.2) is 59.4 Å². The van der Waals surface area contributed by atoms with Gasteiger partial charge in [0.2, 0.25) is 0 Å². The number of benzene rings is 2. The van der Waals surface area contributed by atoms with Crippen LogP contribution in [0.5, 0.6) is 0 Å². The molecule has 0 saturated carbocycles. The minimum Gasteiger partial charge on any atom is -0.265 e. The topological polar surface area (TPSA) is 17.1 Å². The van der Waals surface area contributed by atoms with Gasteiger partial charge in [-0.3, -0.25) is 4.79 Å². The molecule has 0 aliphatic heterocycles. The van der Waals surface area contributed by atoms with Gasteiger partial charge >= 0.3 is 0 Å². The summed E-state index contributed by atoms with van der Waals surface area (Å²) in [5, 5.41) is 0. The molecule has 1 nitrogen and oxygen atoms in total. The third-order valence-electron chi connectivity index (χ3n) is 2.93. The molecule has 1 heterocycles. The molecule has 94 valence electrons. The third-order valence-corrected chi connectivity index (χ3v) is 5.18. The molecule has 19 heavy (non-hydrogen) atoms. The molecule has 0 atom stereocenters. The predicted octanol–water partition coefficient (Wildman–Crippen LogP) is 4.81. The van der Waals surface area contributed by atoms with Crippen LogP contribution in [-0.2, 0) is 0 Å². The summed E-state index contributed by atoms with van der Waals surface area (Å²) in [6.07, 6.45) is 0. The molecule has 0 aliphatic rings. The summed E-state index contributed by atoms with van der Waals surface area (Å²) < 4.78 is 0.148. The Morgan fingerprint density at radius 2 is 1.26 bits per heavy atom. The summed E-state index contributed by atoms with van der Waals surface area (Å²) in [6, 6.07) is 18.4. The van der Waals surface area contributed by atoms with E-state index in [-0.39, 0.29) is 4.06 Å². The van der Waals surface area contributed by atoms with Crippen molar-refractivity contribution >= 4 is 22.7 Å². The molecule has 0 bridgehead atoms. The Balaban J connectivity index is 2.17. The van der Waals surface area contributed by atoms with Crippen LogP contribution in [0.4, 0.5) is 0 Å². The first-order valence-electron chi connectivity index (χ1n) is 6.00. The molecular weight excluding hydrogens is 272 g/mol. The van der Waals surface area contributed by atoms with E-state index in [1.165, 1.54) is 28.2 Å². The smallest absolute Gasteiger partial charge is 0.265 e. The van der Waals surface area contributed by atoms with Crippen molar-refractivity contribution in [2.24, 2.45) is 0 Å². The van der Waals surface area contributed by atoms with Crippen molar-refractivity contribution in [3.63, 3.8) is 0 Å². The van der Waals surface area contributed by atoms with Crippen molar-refractivity contribution in [1.82, 2.24) is 0 Å². The van der Waals surface area contributed by atoms with E-state index in [0.29, 0.717) is 0 Å². The molecule has 3 rings (SSSR count). The van der Waals surface area contributed by atoms with Crippen LogP contribution in [0.2, 0.25) is 0 Å². The molecule has 0 fully saturated rings. The fraction of sp³-hybridized carbons (Fsp3) is 0.0625. The normalized spacial score (nSPS) is 10.6. The maximum atomic E-state index is 11.8. The van der Waals surface area contributed by atoms with Gasteiger partial charge in [-0.25, -0.2) is 0 Å². The fourth-order valence-electron chi connectivity index (χ4n) is 1.95. The number of hydrogen-bond donors (Lipinski definition) is 0. The standard InChI is InChI=1S/C16H12OS2/c1-11-7-9-13(10-8-11)15-14(18-16(17)19-15)12-5-3-2-4-6-12/h2-10H,1H3. The molecule has 0 radical (unpaired) electrons. The summed E-state index contributed by atoms with van der Waals surface area (Å²) in [7, 11) is 0. The van der Waals surface area contributed by atoms with Crippen molar-refractivity contribution < 1.29 is 0 Å². The van der Waals surface area contributed by atoms with Gasteiger partial charge in [-0.05, 0) is 18.1 Å². The minimum absolute atomic E-state index is 0.148. The zero-order chi connectivity index (χ0) is 13.2. The van der Waals surface area contributed by atoms with E-state index < -0.39 is 0 Å². The molecule has 3 heteroatoms. The van der Waals surface area contributed by atoms with Crippen LogP contribution in [0.1, 0.15) is 5.56 Å². The van der Waals surface area contributed by atoms with E-state index in [9.17, 15) is 4.79 Å². The molecule has 0 unspecified atom stereocenters. The molecule has 0 amide bonds. The van der Waals surface area contributed by atoms with Crippen molar-refractivity contribution in [2.45, 2.75) is 6.92 Å². The first-order chi connectivity index (χ1) is 9.24. The molecule has 1 aromatic heterocycles. The first-order valence-corrected chi connectivity index (χ1v) is 7.64. The van der Waals surface area contributed by atoms with Gasteiger partial charge in [0.1, 0.15) is 0 Å². The van der Waals surface area contributed by atoms with Gasteiger partial charge in [-0.2, -0.15) is 0 Å². The summed E-state index contributed by atoms with van der Waals surface area (Å²) >= 11 is 2.66. The monoisotopic (exact) mass is 284 g/mol. The van der Waals surface area contributed by atoms with Gasteiger partial charge in [-0.1, -0.05) is 82.8 Å². The zero-order valence-electron chi connectivity index (χ0n) is 10.4. The average molecular weight is 284 g/mol. The predicted molar refractivity (Wildman–Crippen MR) is 84.1 cm³/mol. The minimum atomic E-state index is 0.148. The lowest BCUT2D eigenvalue weighted by molar-refractivity contribution is 1.48. The summed E-state index contributed by atoms with van der Waals surface area (Å²) in [5.41, 5.74) is 3.46. The molecular formula is C16H12OS2. The molecule has 0 saturated heterocycles. The van der Waals surface area contributed by atoms with E-state index in [0.717, 1.165) is 20.9 Å². The van der Waals surface area contributed by atoms with Crippen LogP contribution >= 0.6 is 22.7 Å². The number of hydrogen-bond acceptors (Lipinski definition) is 3. The Bertz CT molecular complexity index is 736. The maximum Gasteiger partial charge on any atom is 0.288 e. The highest BCUT2D eigenvalue weighted by molar-refractivity contribution is 7.32. The molecule has 0 aliphatic carbocycles. The second kappa shape index (κ2) is 5.11. The SMILES string of the molecule is Cc1ccc(-c2sc(=O)sc2-c2ccccc2)cc1. The highest BCUT2D eigenvalue weighted by Crippen LogP contribution is 2.37. The largest absolute Gasteiger partial charge is 0.288 e. The van der Waals surface area contributed by atoms with Crippen LogP contribution in [-0.4, -0.2) is 0 Å². The molecule has 3 aromatic rings. The third kappa shape index (κ3) is 2.53. The Kier molecular flexibility index (Phi) is 3.32. The number of aryl methyl sites for hydroxylation is 1. The first kappa shape index (κ1) is 12.3. The van der Waals surface area contributed by atoms with E-state index in [2.05, 4.69) is 43.3 Å². The lowest BCUT2D eigenvalue weighted by Crippen LogP contribution is -1.78. The lowest BCUT2D eigenvalue weighted by atomic mass is 10.1. The Morgan fingerprint density at radius 3 is 1.84 bits per heavy atom. The molecule has 0 N–H and O–H groups in total. The van der Waals surface area contributed by atoms with Gasteiger partial charge in [0.05, 0.1) is 9.75 Å². The highest BCUT2D eigenvalue weighted by atomic mass is 32.2.